The summed E-state index contributed by atoms with van der Waals surface area (Å²) < 4.78 is 4.56. The Labute approximate surface area is 110 Å². The van der Waals surface area contributed by atoms with Crippen LogP contribution in [-0.2, 0) is 22.4 Å². The van der Waals surface area contributed by atoms with Crippen molar-refractivity contribution in [2.75, 3.05) is 0 Å². The van der Waals surface area contributed by atoms with Gasteiger partial charge in [-0.05, 0) is 42.5 Å². The Morgan fingerprint density at radius 3 is 2.26 bits per heavy atom. The van der Waals surface area contributed by atoms with Crippen molar-refractivity contribution in [1.29, 1.82) is 0 Å². The van der Waals surface area contributed by atoms with Crippen molar-refractivity contribution < 1.29 is 24.2 Å². The molecule has 5 heteroatoms. The standard InChI is InChI=1S/C14H14O5/c1-2-8-6-10-11(14(18)19-13(10)17)7-9(8)4-3-5-12(15)16/h6-7H,2-5H2,1H3,(H,15,16). The molecule has 0 saturated carbocycles. The van der Waals surface area contributed by atoms with Crippen LogP contribution in [0.4, 0.5) is 0 Å². The van der Waals surface area contributed by atoms with E-state index in [1.165, 1.54) is 0 Å². The molecule has 0 atom stereocenters. The molecule has 1 aliphatic rings. The molecule has 0 bridgehead atoms. The molecule has 2 rings (SSSR count). The highest BCUT2D eigenvalue weighted by Gasteiger charge is 2.30. The van der Waals surface area contributed by atoms with Crippen molar-refractivity contribution in [3.8, 4) is 0 Å². The second kappa shape index (κ2) is 5.22. The summed E-state index contributed by atoms with van der Waals surface area (Å²) in [5.74, 6) is -2.07. The highest BCUT2D eigenvalue weighted by Crippen LogP contribution is 2.25. The molecule has 0 aromatic heterocycles. The Bertz CT molecular complexity index is 559. The number of carbonyl (C=O) groups excluding carboxylic acids is 2. The predicted molar refractivity (Wildman–Crippen MR) is 66.1 cm³/mol. The molecule has 0 amide bonds. The number of cyclic esters (lactones) is 2. The normalized spacial score (nSPS) is 13.3. The quantitative estimate of drug-likeness (QED) is 0.648. The smallest absolute Gasteiger partial charge is 0.346 e. The first kappa shape index (κ1) is 13.3. The molecule has 0 aliphatic carbocycles. The lowest BCUT2D eigenvalue weighted by atomic mass is 9.94. The van der Waals surface area contributed by atoms with Crippen molar-refractivity contribution in [2.45, 2.75) is 32.6 Å². The van der Waals surface area contributed by atoms with Gasteiger partial charge in [-0.1, -0.05) is 6.92 Å². The van der Waals surface area contributed by atoms with Gasteiger partial charge in [0.1, 0.15) is 0 Å². The fourth-order valence-electron chi connectivity index (χ4n) is 2.21. The SMILES string of the molecule is CCc1cc2c(cc1CCCC(=O)O)C(=O)OC2=O. The number of hydrogen-bond acceptors (Lipinski definition) is 4. The minimum Gasteiger partial charge on any atom is -0.481 e. The molecule has 1 aromatic rings. The molecule has 5 nitrogen and oxygen atoms in total. The summed E-state index contributed by atoms with van der Waals surface area (Å²) in [6, 6.07) is 3.34. The van der Waals surface area contributed by atoms with E-state index < -0.39 is 17.9 Å². The number of carbonyl (C=O) groups is 3. The van der Waals surface area contributed by atoms with Gasteiger partial charge in [0, 0.05) is 6.42 Å². The third kappa shape index (κ3) is 2.65. The molecule has 0 saturated heterocycles. The Hall–Kier alpha value is -2.17. The van der Waals surface area contributed by atoms with Crippen molar-refractivity contribution in [2.24, 2.45) is 0 Å². The highest BCUT2D eigenvalue weighted by atomic mass is 16.6. The van der Waals surface area contributed by atoms with Gasteiger partial charge < -0.3 is 9.84 Å². The summed E-state index contributed by atoms with van der Waals surface area (Å²) in [7, 11) is 0. The number of aryl methyl sites for hydroxylation is 2. The van der Waals surface area contributed by atoms with Crippen LogP contribution in [0.2, 0.25) is 0 Å². The van der Waals surface area contributed by atoms with E-state index >= 15 is 0 Å². The molecule has 1 heterocycles. The second-order valence-electron chi connectivity index (χ2n) is 4.44. The van der Waals surface area contributed by atoms with E-state index in [-0.39, 0.29) is 12.0 Å². The van der Waals surface area contributed by atoms with Crippen LogP contribution >= 0.6 is 0 Å². The summed E-state index contributed by atoms with van der Waals surface area (Å²) in [4.78, 5) is 33.4. The monoisotopic (exact) mass is 262 g/mol. The van der Waals surface area contributed by atoms with E-state index in [4.69, 9.17) is 5.11 Å². The van der Waals surface area contributed by atoms with Gasteiger partial charge in [-0.3, -0.25) is 4.79 Å². The van der Waals surface area contributed by atoms with Crippen LogP contribution in [-0.4, -0.2) is 23.0 Å². The maximum Gasteiger partial charge on any atom is 0.346 e. The van der Waals surface area contributed by atoms with Crippen LogP contribution in [0, 0.1) is 0 Å². The van der Waals surface area contributed by atoms with Crippen LogP contribution in [0.3, 0.4) is 0 Å². The lowest BCUT2D eigenvalue weighted by molar-refractivity contribution is -0.137. The van der Waals surface area contributed by atoms with Gasteiger partial charge >= 0.3 is 17.9 Å². The average molecular weight is 262 g/mol. The summed E-state index contributed by atoms with van der Waals surface area (Å²) in [6.45, 7) is 1.95. The number of fused-ring (bicyclic) bond motifs is 1. The first-order valence-corrected chi connectivity index (χ1v) is 6.17. The Balaban J connectivity index is 2.28. The van der Waals surface area contributed by atoms with E-state index in [1.807, 2.05) is 6.92 Å². The third-order valence-corrected chi connectivity index (χ3v) is 3.18. The Morgan fingerprint density at radius 1 is 1.16 bits per heavy atom. The second-order valence-corrected chi connectivity index (χ2v) is 4.44. The van der Waals surface area contributed by atoms with E-state index in [1.54, 1.807) is 12.1 Å². The van der Waals surface area contributed by atoms with E-state index in [9.17, 15) is 14.4 Å². The van der Waals surface area contributed by atoms with Gasteiger partial charge in [-0.15, -0.1) is 0 Å². The van der Waals surface area contributed by atoms with Gasteiger partial charge in [0.2, 0.25) is 0 Å². The molecule has 1 aliphatic heterocycles. The lowest BCUT2D eigenvalue weighted by Crippen LogP contribution is -2.02. The summed E-state index contributed by atoms with van der Waals surface area (Å²) >= 11 is 0. The largest absolute Gasteiger partial charge is 0.481 e. The first-order valence-electron chi connectivity index (χ1n) is 6.17. The number of carboxylic acids is 1. The zero-order valence-corrected chi connectivity index (χ0v) is 10.6. The van der Waals surface area contributed by atoms with E-state index in [0.29, 0.717) is 18.4 Å². The minimum absolute atomic E-state index is 0.0869. The van der Waals surface area contributed by atoms with Crippen molar-refractivity contribution in [1.82, 2.24) is 0 Å². The predicted octanol–water partition coefficient (Wildman–Crippen LogP) is 1.97. The lowest BCUT2D eigenvalue weighted by Gasteiger charge is -2.08. The van der Waals surface area contributed by atoms with Gasteiger partial charge in [0.05, 0.1) is 11.1 Å². The first-order chi connectivity index (χ1) is 9.02. The Morgan fingerprint density at radius 2 is 1.74 bits per heavy atom. The van der Waals surface area contributed by atoms with Gasteiger partial charge in [-0.2, -0.15) is 0 Å². The minimum atomic E-state index is -0.839. The highest BCUT2D eigenvalue weighted by molar-refractivity contribution is 6.14. The van der Waals surface area contributed by atoms with Crippen LogP contribution in [0.1, 0.15) is 51.6 Å². The number of benzene rings is 1. The van der Waals surface area contributed by atoms with Crippen molar-refractivity contribution >= 4 is 17.9 Å². The van der Waals surface area contributed by atoms with E-state index in [0.717, 1.165) is 17.5 Å². The van der Waals surface area contributed by atoms with Crippen molar-refractivity contribution in [3.05, 3.63) is 34.4 Å². The summed E-state index contributed by atoms with van der Waals surface area (Å²) in [6.07, 6.45) is 1.88. The number of aliphatic carboxylic acids is 1. The van der Waals surface area contributed by atoms with Crippen LogP contribution in [0.15, 0.2) is 12.1 Å². The van der Waals surface area contributed by atoms with Gasteiger partial charge in [0.15, 0.2) is 0 Å². The zero-order chi connectivity index (χ0) is 14.0. The fourth-order valence-corrected chi connectivity index (χ4v) is 2.21. The maximum absolute atomic E-state index is 11.5. The molecule has 0 radical (unpaired) electrons. The molecule has 0 spiro atoms. The van der Waals surface area contributed by atoms with Crippen LogP contribution in [0.25, 0.3) is 0 Å². The number of ether oxygens (including phenoxy) is 1. The summed E-state index contributed by atoms with van der Waals surface area (Å²) in [5.41, 5.74) is 2.46. The third-order valence-electron chi connectivity index (χ3n) is 3.18. The number of carboxylic acid groups (broad SMARTS) is 1. The van der Waals surface area contributed by atoms with Crippen LogP contribution in [0.5, 0.6) is 0 Å². The number of rotatable bonds is 5. The molecule has 100 valence electrons. The molecular formula is C14H14O5. The van der Waals surface area contributed by atoms with Gasteiger partial charge in [-0.25, -0.2) is 9.59 Å². The maximum atomic E-state index is 11.5. The summed E-state index contributed by atoms with van der Waals surface area (Å²) in [5, 5.41) is 8.63. The van der Waals surface area contributed by atoms with Gasteiger partial charge in [0.25, 0.3) is 0 Å². The molecule has 0 unspecified atom stereocenters. The van der Waals surface area contributed by atoms with Crippen molar-refractivity contribution in [3.63, 3.8) is 0 Å². The number of esters is 2. The molecular weight excluding hydrogens is 248 g/mol. The van der Waals surface area contributed by atoms with Crippen LogP contribution < -0.4 is 0 Å². The number of hydrogen-bond donors (Lipinski definition) is 1. The Kier molecular flexibility index (Phi) is 3.64. The van der Waals surface area contributed by atoms with E-state index in [2.05, 4.69) is 4.74 Å². The topological polar surface area (TPSA) is 80.7 Å². The molecule has 0 fully saturated rings. The molecule has 1 N–H and O–H groups in total. The average Bonchev–Trinajstić information content (AvgIpc) is 2.63. The zero-order valence-electron chi connectivity index (χ0n) is 10.6. The fraction of sp³-hybridized carbons (Fsp3) is 0.357. The molecule has 19 heavy (non-hydrogen) atoms. The molecule has 1 aromatic carbocycles.